The smallest absolute Gasteiger partial charge is 0.462 e. The van der Waals surface area contributed by atoms with Crippen LogP contribution in [0.15, 0.2) is 0 Å². The lowest BCUT2D eigenvalue weighted by Gasteiger charge is -2.21. The molecule has 0 radical (unpaired) electrons. The first-order chi connectivity index (χ1) is 41.3. The van der Waals surface area contributed by atoms with E-state index < -0.39 is 97.5 Å². The first kappa shape index (κ1) is 84.1. The number of carbonyl (C=O) groups is 4. The van der Waals surface area contributed by atoms with Gasteiger partial charge in [0, 0.05) is 25.7 Å². The SMILES string of the molecule is CCCCCCCCCCCC(=O)OC[C@H](COP(=O)(O)OC[C@H](O)COP(=O)(O)OC[C@@H](COC(=O)CCCCCCCCCCCCC(C)CC)OC(=O)CCCCCCCCCCCCCC(C)C)OC(=O)CCCCCCCCC(C)C. The fourth-order valence-corrected chi connectivity index (χ4v) is 11.6. The molecular formula is C67H130O17P2. The fraction of sp³-hybridized carbons (Fsp3) is 0.940. The second-order valence-electron chi connectivity index (χ2n) is 25.4. The molecule has 0 aromatic carbocycles. The summed E-state index contributed by atoms with van der Waals surface area (Å²) in [6, 6.07) is 0. The van der Waals surface area contributed by atoms with Gasteiger partial charge < -0.3 is 33.8 Å². The molecule has 0 saturated carbocycles. The van der Waals surface area contributed by atoms with Crippen LogP contribution < -0.4 is 0 Å². The molecule has 6 atom stereocenters. The van der Waals surface area contributed by atoms with Gasteiger partial charge in [0.2, 0.25) is 0 Å². The highest BCUT2D eigenvalue weighted by Crippen LogP contribution is 2.45. The summed E-state index contributed by atoms with van der Waals surface area (Å²) in [7, 11) is -9.89. The highest BCUT2D eigenvalue weighted by atomic mass is 31.2. The van der Waals surface area contributed by atoms with E-state index in [9.17, 15) is 43.2 Å². The minimum absolute atomic E-state index is 0.102. The van der Waals surface area contributed by atoms with Crippen LogP contribution in [0.5, 0.6) is 0 Å². The Hall–Kier alpha value is -1.94. The van der Waals surface area contributed by atoms with Gasteiger partial charge in [-0.05, 0) is 43.4 Å². The quantitative estimate of drug-likeness (QED) is 0.0222. The van der Waals surface area contributed by atoms with Crippen molar-refractivity contribution in [3.63, 3.8) is 0 Å². The van der Waals surface area contributed by atoms with Crippen molar-refractivity contribution in [1.82, 2.24) is 0 Å². The molecule has 0 saturated heterocycles. The summed E-state index contributed by atoms with van der Waals surface area (Å²) in [5.41, 5.74) is 0. The number of hydrogen-bond acceptors (Lipinski definition) is 15. The molecule has 3 unspecified atom stereocenters. The van der Waals surface area contributed by atoms with Gasteiger partial charge in [-0.3, -0.25) is 37.3 Å². The molecule has 0 aliphatic carbocycles. The average molecular weight is 1270 g/mol. The molecule has 3 N–H and O–H groups in total. The van der Waals surface area contributed by atoms with Gasteiger partial charge in [0.05, 0.1) is 26.4 Å². The first-order valence-electron chi connectivity index (χ1n) is 34.9. The summed E-state index contributed by atoms with van der Waals surface area (Å²) in [5, 5.41) is 10.6. The number of hydrogen-bond donors (Lipinski definition) is 3. The fourth-order valence-electron chi connectivity index (χ4n) is 9.98. The van der Waals surface area contributed by atoms with E-state index in [1.54, 1.807) is 0 Å². The third kappa shape index (κ3) is 59.7. The summed E-state index contributed by atoms with van der Waals surface area (Å²) in [6.45, 7) is 11.7. The van der Waals surface area contributed by atoms with Crippen molar-refractivity contribution >= 4 is 39.5 Å². The van der Waals surface area contributed by atoms with Gasteiger partial charge in [0.25, 0.3) is 0 Å². The zero-order valence-corrected chi connectivity index (χ0v) is 57.6. The van der Waals surface area contributed by atoms with Crippen molar-refractivity contribution in [1.29, 1.82) is 0 Å². The van der Waals surface area contributed by atoms with Crippen molar-refractivity contribution in [2.75, 3.05) is 39.6 Å². The van der Waals surface area contributed by atoms with Crippen LogP contribution in [0.1, 0.15) is 331 Å². The van der Waals surface area contributed by atoms with Crippen molar-refractivity contribution in [3.8, 4) is 0 Å². The summed E-state index contributed by atoms with van der Waals surface area (Å²) < 4.78 is 68.1. The van der Waals surface area contributed by atoms with Crippen molar-refractivity contribution in [2.45, 2.75) is 349 Å². The largest absolute Gasteiger partial charge is 0.472 e. The number of esters is 4. The van der Waals surface area contributed by atoms with Crippen LogP contribution >= 0.6 is 15.6 Å². The summed E-state index contributed by atoms with van der Waals surface area (Å²) in [4.78, 5) is 72.3. The predicted molar refractivity (Wildman–Crippen MR) is 344 cm³/mol. The molecule has 0 aliphatic heterocycles. The van der Waals surface area contributed by atoms with Crippen LogP contribution in [0, 0.1) is 17.8 Å². The molecule has 0 aromatic rings. The maximum atomic E-state index is 13.0. The number of unbranched alkanes of at least 4 members (excludes halogenated alkanes) is 32. The van der Waals surface area contributed by atoms with E-state index in [0.29, 0.717) is 31.6 Å². The lowest BCUT2D eigenvalue weighted by molar-refractivity contribution is -0.161. The Balaban J connectivity index is 5.24. The van der Waals surface area contributed by atoms with Gasteiger partial charge >= 0.3 is 39.5 Å². The van der Waals surface area contributed by atoms with Gasteiger partial charge in [-0.2, -0.15) is 0 Å². The molecule has 0 amide bonds. The minimum Gasteiger partial charge on any atom is -0.462 e. The van der Waals surface area contributed by atoms with Crippen molar-refractivity contribution < 1.29 is 80.2 Å². The lowest BCUT2D eigenvalue weighted by atomic mass is 9.99. The number of ether oxygens (including phenoxy) is 4. The van der Waals surface area contributed by atoms with Crippen LogP contribution in [0.4, 0.5) is 0 Å². The van der Waals surface area contributed by atoms with Gasteiger partial charge in [0.15, 0.2) is 12.2 Å². The second-order valence-corrected chi connectivity index (χ2v) is 28.3. The highest BCUT2D eigenvalue weighted by molar-refractivity contribution is 7.47. The Bertz CT molecular complexity index is 1700. The van der Waals surface area contributed by atoms with Gasteiger partial charge in [0.1, 0.15) is 19.3 Å². The van der Waals surface area contributed by atoms with E-state index in [-0.39, 0.29) is 25.7 Å². The van der Waals surface area contributed by atoms with E-state index in [4.69, 9.17) is 37.0 Å². The summed E-state index contributed by atoms with van der Waals surface area (Å²) in [6.07, 6.45) is 40.4. The molecule has 0 heterocycles. The topological polar surface area (TPSA) is 237 Å². The highest BCUT2D eigenvalue weighted by Gasteiger charge is 2.30. The Morgan fingerprint density at radius 2 is 0.593 bits per heavy atom. The number of aliphatic hydroxyl groups is 1. The van der Waals surface area contributed by atoms with E-state index in [0.717, 1.165) is 102 Å². The molecule has 0 fully saturated rings. The Labute approximate surface area is 524 Å². The summed E-state index contributed by atoms with van der Waals surface area (Å²) in [5.74, 6) is 0.109. The van der Waals surface area contributed by atoms with Gasteiger partial charge in [-0.15, -0.1) is 0 Å². The zero-order chi connectivity index (χ0) is 63.8. The van der Waals surface area contributed by atoms with Crippen LogP contribution in [-0.2, 0) is 65.4 Å². The normalized spacial score (nSPS) is 14.6. The van der Waals surface area contributed by atoms with Gasteiger partial charge in [-0.1, -0.05) is 280 Å². The number of rotatable bonds is 65. The van der Waals surface area contributed by atoms with E-state index in [1.807, 2.05) is 0 Å². The lowest BCUT2D eigenvalue weighted by Crippen LogP contribution is -2.30. The average Bonchev–Trinajstić information content (AvgIpc) is 3.65. The molecule has 0 spiro atoms. The minimum atomic E-state index is -4.95. The van der Waals surface area contributed by atoms with Crippen LogP contribution in [-0.4, -0.2) is 96.7 Å². The van der Waals surface area contributed by atoms with Crippen LogP contribution in [0.3, 0.4) is 0 Å². The third-order valence-corrected chi connectivity index (χ3v) is 17.6. The molecule has 0 bridgehead atoms. The summed E-state index contributed by atoms with van der Waals surface area (Å²) >= 11 is 0. The zero-order valence-electron chi connectivity index (χ0n) is 55.8. The predicted octanol–water partition coefficient (Wildman–Crippen LogP) is 18.7. The van der Waals surface area contributed by atoms with E-state index in [2.05, 4.69) is 48.5 Å². The molecule has 0 aromatic heterocycles. The Kier molecular flexibility index (Phi) is 56.9. The number of phosphoric ester groups is 2. The number of carbonyl (C=O) groups excluding carboxylic acids is 4. The molecule has 17 nitrogen and oxygen atoms in total. The van der Waals surface area contributed by atoms with E-state index >= 15 is 0 Å². The Morgan fingerprint density at radius 1 is 0.337 bits per heavy atom. The first-order valence-corrected chi connectivity index (χ1v) is 37.9. The van der Waals surface area contributed by atoms with Crippen molar-refractivity contribution in [2.24, 2.45) is 17.8 Å². The standard InChI is InChI=1S/C67H130O17P2/c1-8-10-11-12-13-19-26-34-41-48-64(69)77-55-63(84-67(72)51-44-37-30-29-32-39-46-59(5)6)57-82-86(75,76)80-53-61(68)52-79-85(73,74)81-56-62(83-66(71)50-43-36-28-23-16-14-15-20-24-31-38-45-58(3)4)54-78-65(70)49-42-35-27-22-18-17-21-25-33-40-47-60(7)9-2/h58-63,68H,8-57H2,1-7H3,(H,73,74)(H,75,76)/t60?,61-,62-,63-/m1/s1. The van der Waals surface area contributed by atoms with Gasteiger partial charge in [-0.25, -0.2) is 9.13 Å². The third-order valence-electron chi connectivity index (χ3n) is 15.7. The van der Waals surface area contributed by atoms with E-state index in [1.165, 1.54) is 141 Å². The second kappa shape index (κ2) is 58.2. The van der Waals surface area contributed by atoms with Crippen molar-refractivity contribution in [3.05, 3.63) is 0 Å². The molecule has 510 valence electrons. The number of phosphoric acid groups is 2. The molecular weight excluding hydrogens is 1140 g/mol. The maximum Gasteiger partial charge on any atom is 0.472 e. The van der Waals surface area contributed by atoms with Crippen LogP contribution in [0.2, 0.25) is 0 Å². The molecule has 0 aliphatic rings. The molecule has 86 heavy (non-hydrogen) atoms. The Morgan fingerprint density at radius 3 is 0.884 bits per heavy atom. The molecule has 19 heteroatoms. The molecule has 0 rings (SSSR count). The van der Waals surface area contributed by atoms with Crippen LogP contribution in [0.25, 0.3) is 0 Å². The maximum absolute atomic E-state index is 13.0. The number of aliphatic hydroxyl groups excluding tert-OH is 1. The monoisotopic (exact) mass is 1270 g/mol.